The van der Waals surface area contributed by atoms with E-state index < -0.39 is 12.3 Å². The van der Waals surface area contributed by atoms with E-state index >= 15 is 0 Å². The van der Waals surface area contributed by atoms with Gasteiger partial charge in [-0.25, -0.2) is 4.79 Å². The third-order valence-corrected chi connectivity index (χ3v) is 5.38. The van der Waals surface area contributed by atoms with Crippen molar-refractivity contribution in [1.29, 1.82) is 0 Å². The lowest BCUT2D eigenvalue weighted by Crippen LogP contribution is -2.37. The third-order valence-electron chi connectivity index (χ3n) is 5.38. The second-order valence-electron chi connectivity index (χ2n) is 7.46. The second kappa shape index (κ2) is 11.5. The summed E-state index contributed by atoms with van der Waals surface area (Å²) < 4.78 is 16.6. The Morgan fingerprint density at radius 2 is 1.81 bits per heavy atom. The van der Waals surface area contributed by atoms with Crippen molar-refractivity contribution in [2.75, 3.05) is 25.6 Å². The molecule has 0 bridgehead atoms. The number of carbonyl (C=O) groups is 2. The number of hydrogen-bond donors (Lipinski definition) is 2. The van der Waals surface area contributed by atoms with Crippen molar-refractivity contribution < 1.29 is 28.9 Å². The Hall–Kier alpha value is -3.16. The van der Waals surface area contributed by atoms with Crippen LogP contribution in [0, 0.1) is 5.92 Å². The molecule has 1 heterocycles. The van der Waals surface area contributed by atoms with Crippen LogP contribution in [-0.2, 0) is 19.0 Å². The monoisotopic (exact) mass is 439 g/mol. The number of benzene rings is 2. The lowest BCUT2D eigenvalue weighted by molar-refractivity contribution is -0.165. The number of hydrogen-bond acceptors (Lipinski definition) is 6. The first-order valence-corrected chi connectivity index (χ1v) is 10.7. The minimum absolute atomic E-state index is 0.0500. The number of aliphatic hydroxyl groups is 1. The largest absolute Gasteiger partial charge is 0.465 e. The maximum absolute atomic E-state index is 12.9. The van der Waals surface area contributed by atoms with E-state index in [2.05, 4.69) is 5.32 Å². The van der Waals surface area contributed by atoms with Crippen LogP contribution in [0.2, 0.25) is 0 Å². The van der Waals surface area contributed by atoms with Crippen LogP contribution < -0.4 is 5.32 Å². The predicted molar refractivity (Wildman–Crippen MR) is 120 cm³/mol. The van der Waals surface area contributed by atoms with Crippen LogP contribution in [0.15, 0.2) is 66.4 Å². The van der Waals surface area contributed by atoms with Crippen LogP contribution in [0.1, 0.15) is 41.6 Å². The van der Waals surface area contributed by atoms with Gasteiger partial charge in [-0.1, -0.05) is 30.3 Å². The van der Waals surface area contributed by atoms with E-state index in [1.807, 2.05) is 37.3 Å². The molecule has 0 aromatic heterocycles. The van der Waals surface area contributed by atoms with Crippen molar-refractivity contribution in [3.05, 3.63) is 77.6 Å². The molecular weight excluding hydrogens is 410 g/mol. The molecule has 2 aromatic rings. The van der Waals surface area contributed by atoms with Gasteiger partial charge in [-0.05, 0) is 55.7 Å². The summed E-state index contributed by atoms with van der Waals surface area (Å²) in [4.78, 5) is 24.7. The molecule has 32 heavy (non-hydrogen) atoms. The fourth-order valence-electron chi connectivity index (χ4n) is 3.82. The van der Waals surface area contributed by atoms with E-state index in [1.165, 1.54) is 7.11 Å². The molecule has 2 N–H and O–H groups in total. The smallest absolute Gasteiger partial charge is 0.337 e. The lowest BCUT2D eigenvalue weighted by atomic mass is 9.80. The number of anilines is 1. The Kier molecular flexibility index (Phi) is 8.41. The van der Waals surface area contributed by atoms with Gasteiger partial charge in [-0.3, -0.25) is 4.79 Å². The summed E-state index contributed by atoms with van der Waals surface area (Å²) in [5, 5.41) is 12.2. The number of nitrogens with one attached hydrogen (secondary N) is 1. The predicted octanol–water partition coefficient (Wildman–Crippen LogP) is 3.86. The zero-order valence-corrected chi connectivity index (χ0v) is 18.3. The Labute approximate surface area is 188 Å². The average molecular weight is 440 g/mol. The normalized spacial score (nSPS) is 20.1. The van der Waals surface area contributed by atoms with Gasteiger partial charge in [-0.15, -0.1) is 0 Å². The Morgan fingerprint density at radius 3 is 2.44 bits per heavy atom. The Bertz CT molecular complexity index is 925. The summed E-state index contributed by atoms with van der Waals surface area (Å²) in [6.45, 7) is 2.34. The molecule has 0 aliphatic carbocycles. The van der Waals surface area contributed by atoms with E-state index in [1.54, 1.807) is 30.3 Å². The standard InChI is InChI=1S/C25H29NO6/c1-3-31-25-20(10-7-15-27)21(17-11-13-18(14-12-17)24(29)30-2)16-22(32-25)23(28)26-19-8-5-4-6-9-19/h4-6,8-9,11-14,16,20-21,25,27H,3,7,10,15H2,1-2H3,(H,26,28)/t20-,21-,25-/m0/s1. The van der Waals surface area contributed by atoms with E-state index in [4.69, 9.17) is 14.2 Å². The zero-order valence-electron chi connectivity index (χ0n) is 18.3. The molecule has 1 aliphatic heterocycles. The van der Waals surface area contributed by atoms with Gasteiger partial charge in [0.1, 0.15) is 0 Å². The van der Waals surface area contributed by atoms with Gasteiger partial charge >= 0.3 is 5.97 Å². The lowest BCUT2D eigenvalue weighted by Gasteiger charge is -2.37. The number of ether oxygens (including phenoxy) is 3. The van der Waals surface area contributed by atoms with Crippen LogP contribution >= 0.6 is 0 Å². The topological polar surface area (TPSA) is 94.1 Å². The second-order valence-corrected chi connectivity index (χ2v) is 7.46. The molecule has 0 unspecified atom stereocenters. The molecule has 2 aromatic carbocycles. The fraction of sp³-hybridized carbons (Fsp3) is 0.360. The molecule has 0 radical (unpaired) electrons. The molecule has 7 nitrogen and oxygen atoms in total. The van der Waals surface area contributed by atoms with Crippen molar-refractivity contribution in [3.8, 4) is 0 Å². The van der Waals surface area contributed by atoms with E-state index in [0.29, 0.717) is 30.7 Å². The van der Waals surface area contributed by atoms with E-state index in [9.17, 15) is 14.7 Å². The molecule has 0 fully saturated rings. The molecule has 0 spiro atoms. The quantitative estimate of drug-likeness (QED) is 0.576. The molecular formula is C25H29NO6. The number of rotatable bonds is 9. The van der Waals surface area contributed by atoms with Gasteiger partial charge in [0.2, 0.25) is 6.29 Å². The highest BCUT2D eigenvalue weighted by atomic mass is 16.7. The Morgan fingerprint density at radius 1 is 1.09 bits per heavy atom. The number of aliphatic hydroxyl groups excluding tert-OH is 1. The molecule has 1 amide bonds. The van der Waals surface area contributed by atoms with Gasteiger partial charge in [0.05, 0.1) is 12.7 Å². The summed E-state index contributed by atoms with van der Waals surface area (Å²) in [7, 11) is 1.34. The van der Waals surface area contributed by atoms with Crippen LogP contribution in [0.25, 0.3) is 0 Å². The van der Waals surface area contributed by atoms with Crippen LogP contribution in [-0.4, -0.2) is 43.6 Å². The molecule has 3 rings (SSSR count). The van der Waals surface area contributed by atoms with Gasteiger partial charge in [0.15, 0.2) is 5.76 Å². The van der Waals surface area contributed by atoms with Crippen molar-refractivity contribution in [3.63, 3.8) is 0 Å². The zero-order chi connectivity index (χ0) is 22.9. The first-order chi connectivity index (χ1) is 15.6. The van der Waals surface area contributed by atoms with E-state index in [0.717, 1.165) is 5.56 Å². The summed E-state index contributed by atoms with van der Waals surface area (Å²) in [6.07, 6.45) is 2.38. The van der Waals surface area contributed by atoms with Gasteiger partial charge in [0.25, 0.3) is 5.91 Å². The van der Waals surface area contributed by atoms with Gasteiger partial charge < -0.3 is 24.6 Å². The first-order valence-electron chi connectivity index (χ1n) is 10.7. The SMILES string of the molecule is CCO[C@H]1OC(C(=O)Nc2ccccc2)=C[C@@H](c2ccc(C(=O)OC)cc2)[C@@H]1CCCO. The minimum atomic E-state index is -0.640. The summed E-state index contributed by atoms with van der Waals surface area (Å²) in [6, 6.07) is 16.2. The average Bonchev–Trinajstić information content (AvgIpc) is 2.83. The molecule has 0 saturated heterocycles. The van der Waals surface area contributed by atoms with Crippen molar-refractivity contribution in [2.45, 2.75) is 32.0 Å². The van der Waals surface area contributed by atoms with Gasteiger partial charge in [0, 0.05) is 30.7 Å². The highest BCUT2D eigenvalue weighted by Gasteiger charge is 2.37. The number of allylic oxidation sites excluding steroid dienone is 1. The maximum Gasteiger partial charge on any atom is 0.337 e. The summed E-state index contributed by atoms with van der Waals surface area (Å²) >= 11 is 0. The summed E-state index contributed by atoms with van der Waals surface area (Å²) in [5.41, 5.74) is 2.03. The molecule has 170 valence electrons. The van der Waals surface area contributed by atoms with Crippen LogP contribution in [0.5, 0.6) is 0 Å². The maximum atomic E-state index is 12.9. The van der Waals surface area contributed by atoms with E-state index in [-0.39, 0.29) is 30.1 Å². The number of esters is 1. The highest BCUT2D eigenvalue weighted by molar-refractivity contribution is 6.02. The van der Waals surface area contributed by atoms with Gasteiger partial charge in [-0.2, -0.15) is 0 Å². The first kappa shape index (κ1) is 23.5. The fourth-order valence-corrected chi connectivity index (χ4v) is 3.82. The third kappa shape index (κ3) is 5.75. The number of methoxy groups -OCH3 is 1. The number of amides is 1. The van der Waals surface area contributed by atoms with Crippen LogP contribution in [0.3, 0.4) is 0 Å². The molecule has 7 heteroatoms. The van der Waals surface area contributed by atoms with Crippen molar-refractivity contribution >= 4 is 17.6 Å². The highest BCUT2D eigenvalue weighted by Crippen LogP contribution is 2.39. The summed E-state index contributed by atoms with van der Waals surface area (Å²) in [5.74, 6) is -0.910. The van der Waals surface area contributed by atoms with Crippen LogP contribution in [0.4, 0.5) is 5.69 Å². The number of carbonyl (C=O) groups excluding carboxylic acids is 2. The Balaban J connectivity index is 1.94. The molecule has 3 atom stereocenters. The number of para-hydroxylation sites is 1. The van der Waals surface area contributed by atoms with Crippen molar-refractivity contribution in [2.24, 2.45) is 5.92 Å². The minimum Gasteiger partial charge on any atom is -0.465 e. The molecule has 0 saturated carbocycles. The van der Waals surface area contributed by atoms with Crippen molar-refractivity contribution in [1.82, 2.24) is 0 Å². The molecule has 1 aliphatic rings.